The largest absolute Gasteiger partial charge is 0.426 e. The molecule has 1 aromatic rings. The average Bonchev–Trinajstić information content (AvgIpc) is 2.15. The van der Waals surface area contributed by atoms with Crippen molar-refractivity contribution in [3.05, 3.63) is 46.1 Å². The van der Waals surface area contributed by atoms with E-state index in [2.05, 4.69) is 0 Å². The minimum Gasteiger partial charge on any atom is -0.426 e. The zero-order valence-corrected chi connectivity index (χ0v) is 8.04. The van der Waals surface area contributed by atoms with Gasteiger partial charge in [-0.15, -0.1) is 0 Å². The molecule has 1 aromatic carbocycles. The molecule has 1 rings (SSSR count). The molecular weight excluding hydrogens is 198 g/mol. The summed E-state index contributed by atoms with van der Waals surface area (Å²) in [6.07, 6.45) is 2.07. The van der Waals surface area contributed by atoms with Gasteiger partial charge in [0.1, 0.15) is 5.75 Å². The summed E-state index contributed by atoms with van der Waals surface area (Å²) in [4.78, 5) is 20.3. The van der Waals surface area contributed by atoms with Crippen LogP contribution in [0.15, 0.2) is 30.5 Å². The van der Waals surface area contributed by atoms with E-state index in [0.29, 0.717) is 11.3 Å². The summed E-state index contributed by atoms with van der Waals surface area (Å²) < 4.78 is 4.86. The fraction of sp³-hybridized carbons (Fsp3) is 0.100. The van der Waals surface area contributed by atoms with E-state index in [1.807, 2.05) is 0 Å². The molecule has 0 spiro atoms. The second-order valence-electron chi connectivity index (χ2n) is 2.73. The molecular formula is C10H9NO4. The Morgan fingerprint density at radius 3 is 2.73 bits per heavy atom. The Hall–Kier alpha value is -2.17. The van der Waals surface area contributed by atoms with E-state index in [1.165, 1.54) is 13.0 Å². The van der Waals surface area contributed by atoms with Gasteiger partial charge in [0.15, 0.2) is 0 Å². The van der Waals surface area contributed by atoms with Crippen LogP contribution < -0.4 is 4.74 Å². The number of nitro groups is 1. The van der Waals surface area contributed by atoms with Gasteiger partial charge in [-0.2, -0.15) is 0 Å². The molecule has 0 aliphatic heterocycles. The third-order valence-corrected chi connectivity index (χ3v) is 1.55. The van der Waals surface area contributed by atoms with Gasteiger partial charge in [0.2, 0.25) is 6.20 Å². The first-order valence-corrected chi connectivity index (χ1v) is 4.19. The van der Waals surface area contributed by atoms with Gasteiger partial charge in [-0.05, 0) is 6.07 Å². The first kappa shape index (κ1) is 10.9. The number of hydrogen-bond donors (Lipinski definition) is 0. The number of nitrogens with zero attached hydrogens (tertiary/aromatic N) is 1. The van der Waals surface area contributed by atoms with Crippen LogP contribution in [0.5, 0.6) is 5.75 Å². The molecule has 5 nitrogen and oxygen atoms in total. The van der Waals surface area contributed by atoms with Gasteiger partial charge < -0.3 is 4.74 Å². The average molecular weight is 207 g/mol. The van der Waals surface area contributed by atoms with Crippen molar-refractivity contribution in [3.8, 4) is 5.75 Å². The van der Waals surface area contributed by atoms with Crippen molar-refractivity contribution < 1.29 is 14.5 Å². The first-order chi connectivity index (χ1) is 7.09. The Labute approximate surface area is 86.1 Å². The standard InChI is InChI=1S/C10H9NO4/c1-8(12)15-10-5-3-2-4-9(10)6-7-11(13)14/h2-7H,1H3. The van der Waals surface area contributed by atoms with Crippen LogP contribution in [-0.2, 0) is 4.79 Å². The summed E-state index contributed by atoms with van der Waals surface area (Å²) in [6, 6.07) is 6.58. The number of esters is 1. The lowest BCUT2D eigenvalue weighted by atomic mass is 10.2. The lowest BCUT2D eigenvalue weighted by Gasteiger charge is -2.03. The quantitative estimate of drug-likeness (QED) is 0.328. The predicted molar refractivity (Wildman–Crippen MR) is 53.8 cm³/mol. The maximum Gasteiger partial charge on any atom is 0.308 e. The second kappa shape index (κ2) is 4.90. The minimum atomic E-state index is -0.579. The molecule has 78 valence electrons. The zero-order chi connectivity index (χ0) is 11.3. The van der Waals surface area contributed by atoms with Crippen LogP contribution in [0, 0.1) is 10.1 Å². The smallest absolute Gasteiger partial charge is 0.308 e. The predicted octanol–water partition coefficient (Wildman–Crippen LogP) is 1.86. The highest BCUT2D eigenvalue weighted by Gasteiger charge is 2.03. The van der Waals surface area contributed by atoms with Crippen LogP contribution in [0.1, 0.15) is 12.5 Å². The van der Waals surface area contributed by atoms with Crippen molar-refractivity contribution in [2.45, 2.75) is 6.92 Å². The van der Waals surface area contributed by atoms with Crippen molar-refractivity contribution in [1.82, 2.24) is 0 Å². The number of rotatable bonds is 3. The monoisotopic (exact) mass is 207 g/mol. The number of ether oxygens (including phenoxy) is 1. The molecule has 0 unspecified atom stereocenters. The highest BCUT2D eigenvalue weighted by molar-refractivity contribution is 5.71. The fourth-order valence-corrected chi connectivity index (χ4v) is 1.01. The normalized spacial score (nSPS) is 10.2. The van der Waals surface area contributed by atoms with E-state index >= 15 is 0 Å². The van der Waals surface area contributed by atoms with Crippen LogP contribution in [-0.4, -0.2) is 10.9 Å². The van der Waals surface area contributed by atoms with E-state index in [0.717, 1.165) is 6.20 Å². The van der Waals surface area contributed by atoms with Crippen molar-refractivity contribution in [2.24, 2.45) is 0 Å². The van der Waals surface area contributed by atoms with E-state index in [1.54, 1.807) is 24.3 Å². The van der Waals surface area contributed by atoms with Crippen molar-refractivity contribution in [3.63, 3.8) is 0 Å². The number of benzene rings is 1. The second-order valence-corrected chi connectivity index (χ2v) is 2.73. The van der Waals surface area contributed by atoms with E-state index in [4.69, 9.17) is 4.74 Å². The van der Waals surface area contributed by atoms with Crippen molar-refractivity contribution in [1.29, 1.82) is 0 Å². The number of carbonyl (C=O) groups is 1. The molecule has 0 fully saturated rings. The molecule has 0 aliphatic rings. The highest BCUT2D eigenvalue weighted by Crippen LogP contribution is 2.19. The van der Waals surface area contributed by atoms with Crippen LogP contribution in [0.2, 0.25) is 0 Å². The Morgan fingerprint density at radius 2 is 2.13 bits per heavy atom. The Kier molecular flexibility index (Phi) is 3.56. The van der Waals surface area contributed by atoms with Gasteiger partial charge in [0, 0.05) is 18.6 Å². The molecule has 0 radical (unpaired) electrons. The van der Waals surface area contributed by atoms with Gasteiger partial charge in [-0.25, -0.2) is 0 Å². The Balaban J connectivity index is 2.95. The summed E-state index contributed by atoms with van der Waals surface area (Å²) >= 11 is 0. The first-order valence-electron chi connectivity index (χ1n) is 4.19. The maximum absolute atomic E-state index is 10.7. The molecule has 0 saturated heterocycles. The van der Waals surface area contributed by atoms with E-state index in [9.17, 15) is 14.9 Å². The van der Waals surface area contributed by atoms with Gasteiger partial charge in [0.05, 0.1) is 4.92 Å². The zero-order valence-electron chi connectivity index (χ0n) is 8.04. The van der Waals surface area contributed by atoms with E-state index < -0.39 is 10.9 Å². The Bertz CT molecular complexity index is 412. The third kappa shape index (κ3) is 3.60. The minimum absolute atomic E-state index is 0.308. The maximum atomic E-state index is 10.7. The molecule has 0 bridgehead atoms. The van der Waals surface area contributed by atoms with Crippen molar-refractivity contribution in [2.75, 3.05) is 0 Å². The van der Waals surface area contributed by atoms with E-state index in [-0.39, 0.29) is 0 Å². The van der Waals surface area contributed by atoms with Gasteiger partial charge in [-0.1, -0.05) is 18.2 Å². The van der Waals surface area contributed by atoms with Gasteiger partial charge in [-0.3, -0.25) is 14.9 Å². The molecule has 0 atom stereocenters. The molecule has 15 heavy (non-hydrogen) atoms. The molecule has 0 N–H and O–H groups in total. The highest BCUT2D eigenvalue weighted by atomic mass is 16.6. The number of para-hydroxylation sites is 1. The van der Waals surface area contributed by atoms with Crippen LogP contribution in [0.4, 0.5) is 0 Å². The lowest BCUT2D eigenvalue weighted by Crippen LogP contribution is -2.02. The lowest BCUT2D eigenvalue weighted by molar-refractivity contribution is -0.400. The third-order valence-electron chi connectivity index (χ3n) is 1.55. The summed E-state index contributed by atoms with van der Waals surface area (Å²) in [5.41, 5.74) is 0.490. The molecule has 0 saturated carbocycles. The number of carbonyl (C=O) groups excluding carboxylic acids is 1. The summed E-state index contributed by atoms with van der Waals surface area (Å²) in [6.45, 7) is 1.27. The van der Waals surface area contributed by atoms with Crippen LogP contribution >= 0.6 is 0 Å². The molecule has 0 aromatic heterocycles. The number of hydrogen-bond acceptors (Lipinski definition) is 4. The topological polar surface area (TPSA) is 69.4 Å². The Morgan fingerprint density at radius 1 is 1.47 bits per heavy atom. The van der Waals surface area contributed by atoms with Crippen LogP contribution in [0.25, 0.3) is 6.08 Å². The molecule has 0 heterocycles. The molecule has 0 aliphatic carbocycles. The molecule has 5 heteroatoms. The summed E-state index contributed by atoms with van der Waals surface area (Å²) in [7, 11) is 0. The van der Waals surface area contributed by atoms with Crippen molar-refractivity contribution >= 4 is 12.0 Å². The molecule has 0 amide bonds. The van der Waals surface area contributed by atoms with Crippen LogP contribution in [0.3, 0.4) is 0 Å². The summed E-state index contributed by atoms with van der Waals surface area (Å²) in [5, 5.41) is 10.1. The summed E-state index contributed by atoms with van der Waals surface area (Å²) in [5.74, 6) is -0.153. The SMILES string of the molecule is CC(=O)Oc1ccccc1C=C[N+](=O)[O-]. The fourth-order valence-electron chi connectivity index (χ4n) is 1.01. The van der Waals surface area contributed by atoms with Gasteiger partial charge >= 0.3 is 5.97 Å². The van der Waals surface area contributed by atoms with Gasteiger partial charge in [0.25, 0.3) is 0 Å².